The van der Waals surface area contributed by atoms with Gasteiger partial charge in [0.15, 0.2) is 0 Å². The second kappa shape index (κ2) is 15.9. The van der Waals surface area contributed by atoms with E-state index in [0.717, 1.165) is 22.6 Å². The van der Waals surface area contributed by atoms with Crippen LogP contribution in [0.15, 0.2) is 256 Å². The molecular weight excluding hydrogens is 847 g/mol. The maximum Gasteiger partial charge on any atom is 0.0462 e. The summed E-state index contributed by atoms with van der Waals surface area (Å²) in [5.41, 5.74) is 14.2. The van der Waals surface area contributed by atoms with Gasteiger partial charge in [0.05, 0.1) is 0 Å². The van der Waals surface area contributed by atoms with Crippen LogP contribution in [-0.4, -0.2) is 0 Å². The number of hydrogen-bond acceptors (Lipinski definition) is 6. The predicted molar refractivity (Wildman–Crippen MR) is 266 cm³/mol. The Morgan fingerprint density at radius 2 is 0.581 bits per heavy atom. The van der Waals surface area contributed by atoms with Crippen molar-refractivity contribution < 1.29 is 0 Å². The summed E-state index contributed by atoms with van der Waals surface area (Å²) in [6.45, 7) is 4.52. The van der Waals surface area contributed by atoms with E-state index in [1.807, 2.05) is 58.8 Å². The highest BCUT2D eigenvalue weighted by Crippen LogP contribution is 2.54. The lowest BCUT2D eigenvalue weighted by Gasteiger charge is -2.27. The first-order valence-corrected chi connectivity index (χ1v) is 24.6. The molecule has 0 saturated carbocycles. The monoisotopic (exact) mass is 881 g/mol. The van der Waals surface area contributed by atoms with Gasteiger partial charge in [-0.2, -0.15) is 0 Å². The molecule has 0 amide bonds. The minimum atomic E-state index is 1.09. The van der Waals surface area contributed by atoms with E-state index in [0.29, 0.717) is 0 Å². The minimum Gasteiger partial charge on any atom is -0.311 e. The van der Waals surface area contributed by atoms with Crippen molar-refractivity contribution >= 4 is 81.4 Å². The third-order valence-corrected chi connectivity index (χ3v) is 18.0. The van der Waals surface area contributed by atoms with Gasteiger partial charge in [-0.25, -0.2) is 0 Å². The molecule has 3 aliphatic rings. The molecule has 12 rings (SSSR count). The van der Waals surface area contributed by atoms with Crippen molar-refractivity contribution in [1.29, 1.82) is 0 Å². The van der Waals surface area contributed by atoms with Gasteiger partial charge in [0.25, 0.3) is 0 Å². The first-order chi connectivity index (χ1) is 30.6. The van der Waals surface area contributed by atoms with E-state index in [2.05, 4.69) is 212 Å². The summed E-state index contributed by atoms with van der Waals surface area (Å²) in [6, 6.07) is 73.4. The van der Waals surface area contributed by atoms with Gasteiger partial charge in [-0.05, 0) is 129 Å². The SMILES string of the molecule is C=C1c2ccccc2Sc2c1cccc2-c1ccc(N(c2ccc(-c3cccc4c3Sc3ccccc3S4)cc2)c2ccc(-c3cccc4c3Sc3ccccc3S4)cc2)cc1. The van der Waals surface area contributed by atoms with Crippen LogP contribution in [-0.2, 0) is 0 Å². The summed E-state index contributed by atoms with van der Waals surface area (Å²) in [4.78, 5) is 15.4. The van der Waals surface area contributed by atoms with Crippen LogP contribution in [0.4, 0.5) is 17.1 Å². The van der Waals surface area contributed by atoms with Gasteiger partial charge < -0.3 is 4.90 Å². The summed E-state index contributed by atoms with van der Waals surface area (Å²) >= 11 is 9.33. The summed E-state index contributed by atoms with van der Waals surface area (Å²) in [5.74, 6) is 0. The highest BCUT2D eigenvalue weighted by atomic mass is 32.2. The molecule has 3 aliphatic heterocycles. The van der Waals surface area contributed by atoms with Crippen LogP contribution in [0.5, 0.6) is 0 Å². The zero-order valence-electron chi connectivity index (χ0n) is 33.2. The number of benzene rings is 9. The molecule has 3 heterocycles. The van der Waals surface area contributed by atoms with Crippen LogP contribution in [0, 0.1) is 0 Å². The van der Waals surface area contributed by atoms with Crippen LogP contribution in [0.3, 0.4) is 0 Å². The van der Waals surface area contributed by atoms with E-state index in [-0.39, 0.29) is 0 Å². The Morgan fingerprint density at radius 1 is 0.258 bits per heavy atom. The minimum absolute atomic E-state index is 1.09. The van der Waals surface area contributed by atoms with Gasteiger partial charge in [-0.1, -0.05) is 187 Å². The smallest absolute Gasteiger partial charge is 0.0462 e. The van der Waals surface area contributed by atoms with Gasteiger partial charge in [-0.3, -0.25) is 0 Å². The summed E-state index contributed by atoms with van der Waals surface area (Å²) < 4.78 is 0. The molecule has 6 heteroatoms. The van der Waals surface area contributed by atoms with Crippen LogP contribution in [0.1, 0.15) is 11.1 Å². The number of fused-ring (bicyclic) bond motifs is 6. The first kappa shape index (κ1) is 38.0. The largest absolute Gasteiger partial charge is 0.311 e. The highest BCUT2D eigenvalue weighted by Gasteiger charge is 2.25. The van der Waals surface area contributed by atoms with Crippen molar-refractivity contribution in [3.8, 4) is 33.4 Å². The lowest BCUT2D eigenvalue weighted by Crippen LogP contribution is -2.10. The maximum absolute atomic E-state index is 4.52. The third kappa shape index (κ3) is 6.73. The Balaban J connectivity index is 0.915. The Bertz CT molecular complexity index is 3080. The predicted octanol–water partition coefficient (Wildman–Crippen LogP) is 17.9. The van der Waals surface area contributed by atoms with E-state index >= 15 is 0 Å². The summed E-state index contributed by atoms with van der Waals surface area (Å²) in [6.07, 6.45) is 0. The van der Waals surface area contributed by atoms with E-state index in [4.69, 9.17) is 0 Å². The molecule has 0 spiro atoms. The Kier molecular flexibility index (Phi) is 9.72. The van der Waals surface area contributed by atoms with Crippen molar-refractivity contribution in [3.05, 3.63) is 218 Å². The first-order valence-electron chi connectivity index (χ1n) is 20.5. The number of rotatable bonds is 6. The van der Waals surface area contributed by atoms with Gasteiger partial charge in [0.1, 0.15) is 0 Å². The zero-order valence-corrected chi connectivity index (χ0v) is 37.3. The maximum atomic E-state index is 4.52. The van der Waals surface area contributed by atoms with E-state index in [1.54, 1.807) is 0 Å². The van der Waals surface area contributed by atoms with Crippen molar-refractivity contribution in [2.24, 2.45) is 0 Å². The third-order valence-electron chi connectivity index (χ3n) is 11.6. The standard InChI is InChI=1S/C56H35NS5/c1-35-42-11-2-3-16-47(42)60-54-43(35)12-8-13-44(54)36-23-29-39(30-24-36)57(40-31-25-37(26-32-40)45-14-9-21-52-55(45)61-50-19-6-4-17-48(50)58-52)41-33-27-38(28-34-41)46-15-10-22-53-56(46)62-51-20-7-5-18-49(51)59-53/h2-34H,1H2. The molecule has 0 unspecified atom stereocenters. The molecule has 9 aromatic rings. The van der Waals surface area contributed by atoms with E-state index in [1.165, 1.54) is 93.5 Å². The Labute approximate surface area is 383 Å². The quantitative estimate of drug-likeness (QED) is 0.162. The number of nitrogens with zero attached hydrogens (tertiary/aromatic N) is 1. The fourth-order valence-corrected chi connectivity index (χ4v) is 14.6. The molecular formula is C56H35NS5. The molecule has 0 aliphatic carbocycles. The van der Waals surface area contributed by atoms with Crippen molar-refractivity contribution in [2.45, 2.75) is 49.0 Å². The van der Waals surface area contributed by atoms with Gasteiger partial charge >= 0.3 is 0 Å². The van der Waals surface area contributed by atoms with Crippen LogP contribution in [0.2, 0.25) is 0 Å². The van der Waals surface area contributed by atoms with E-state index < -0.39 is 0 Å². The van der Waals surface area contributed by atoms with Crippen LogP contribution in [0.25, 0.3) is 39.0 Å². The average molecular weight is 882 g/mol. The molecule has 294 valence electrons. The molecule has 0 N–H and O–H groups in total. The topological polar surface area (TPSA) is 3.24 Å². The molecule has 0 atom stereocenters. The summed E-state index contributed by atoms with van der Waals surface area (Å²) in [5, 5.41) is 0. The van der Waals surface area contributed by atoms with Crippen molar-refractivity contribution in [1.82, 2.24) is 0 Å². The van der Waals surface area contributed by atoms with Gasteiger partial charge in [0.2, 0.25) is 0 Å². The lowest BCUT2D eigenvalue weighted by atomic mass is 9.94. The van der Waals surface area contributed by atoms with Crippen molar-refractivity contribution in [3.63, 3.8) is 0 Å². The molecule has 9 aromatic carbocycles. The van der Waals surface area contributed by atoms with Crippen molar-refractivity contribution in [2.75, 3.05) is 4.90 Å². The summed E-state index contributed by atoms with van der Waals surface area (Å²) in [7, 11) is 0. The second-order valence-corrected chi connectivity index (χ2v) is 20.6. The van der Waals surface area contributed by atoms with Crippen LogP contribution >= 0.6 is 58.8 Å². The fourth-order valence-electron chi connectivity index (χ4n) is 8.54. The molecule has 0 aromatic heterocycles. The van der Waals surface area contributed by atoms with Gasteiger partial charge in [0, 0.05) is 66.0 Å². The fraction of sp³-hybridized carbons (Fsp3) is 0. The molecule has 0 saturated heterocycles. The molecule has 0 radical (unpaired) electrons. The molecule has 1 nitrogen and oxygen atoms in total. The van der Waals surface area contributed by atoms with E-state index in [9.17, 15) is 0 Å². The highest BCUT2D eigenvalue weighted by molar-refractivity contribution is 8.05. The molecule has 62 heavy (non-hydrogen) atoms. The average Bonchev–Trinajstić information content (AvgIpc) is 3.33. The Morgan fingerprint density at radius 3 is 1.05 bits per heavy atom. The normalized spacial score (nSPS) is 13.2. The molecule has 0 fully saturated rings. The number of anilines is 3. The van der Waals surface area contributed by atoms with Crippen LogP contribution < -0.4 is 4.90 Å². The number of hydrogen-bond donors (Lipinski definition) is 0. The lowest BCUT2D eigenvalue weighted by molar-refractivity contribution is 1.16. The van der Waals surface area contributed by atoms with Gasteiger partial charge in [-0.15, -0.1) is 0 Å². The zero-order chi connectivity index (χ0) is 41.1. The Hall–Kier alpha value is -5.73. The second-order valence-electron chi connectivity index (χ2n) is 15.3. The molecule has 0 bridgehead atoms.